The Morgan fingerprint density at radius 3 is 2.42 bits per heavy atom. The minimum atomic E-state index is -4.35. The quantitative estimate of drug-likeness (QED) is 0.586. The monoisotopic (exact) mass is 462 g/mol. The van der Waals surface area contributed by atoms with Crippen molar-refractivity contribution in [3.63, 3.8) is 0 Å². The molecule has 1 heterocycles. The highest BCUT2D eigenvalue weighted by Gasteiger charge is 2.30. The average molecular weight is 463 g/mol. The SMILES string of the molecule is CC(C)NC(=O)Nc1cccc(C(=O)NC2CCN(Cc3cccc(C(F)(F)F)c3)CC2)c1. The first kappa shape index (κ1) is 24.6. The van der Waals surface area contributed by atoms with Crippen molar-refractivity contribution in [2.24, 2.45) is 0 Å². The number of amides is 3. The highest BCUT2D eigenvalue weighted by Crippen LogP contribution is 2.30. The van der Waals surface area contributed by atoms with Gasteiger partial charge in [0.2, 0.25) is 0 Å². The minimum Gasteiger partial charge on any atom is -0.349 e. The molecule has 0 saturated carbocycles. The van der Waals surface area contributed by atoms with Gasteiger partial charge in [0, 0.05) is 43.0 Å². The molecule has 1 fully saturated rings. The Morgan fingerprint density at radius 2 is 1.76 bits per heavy atom. The van der Waals surface area contributed by atoms with Crippen molar-refractivity contribution >= 4 is 17.6 Å². The molecule has 0 atom stereocenters. The van der Waals surface area contributed by atoms with Gasteiger partial charge < -0.3 is 16.0 Å². The number of anilines is 1. The standard InChI is InChI=1S/C24H29F3N4O2/c1-16(2)28-23(33)30-21-8-4-6-18(14-21)22(32)29-20-9-11-31(12-10-20)15-17-5-3-7-19(13-17)24(25,26)27/h3-8,13-14,16,20H,9-12,15H2,1-2H3,(H,29,32)(H2,28,30,33). The van der Waals surface area contributed by atoms with Crippen LogP contribution < -0.4 is 16.0 Å². The second-order valence-electron chi connectivity index (χ2n) is 8.56. The molecule has 0 spiro atoms. The molecular formula is C24H29F3N4O2. The number of nitrogens with one attached hydrogen (secondary N) is 3. The Kier molecular flexibility index (Phi) is 7.97. The van der Waals surface area contributed by atoms with Crippen molar-refractivity contribution < 1.29 is 22.8 Å². The van der Waals surface area contributed by atoms with Gasteiger partial charge >= 0.3 is 12.2 Å². The third-order valence-electron chi connectivity index (χ3n) is 5.39. The zero-order valence-electron chi connectivity index (χ0n) is 18.7. The zero-order valence-corrected chi connectivity index (χ0v) is 18.7. The van der Waals surface area contributed by atoms with Gasteiger partial charge in [-0.1, -0.05) is 24.3 Å². The Morgan fingerprint density at radius 1 is 1.06 bits per heavy atom. The number of hydrogen-bond donors (Lipinski definition) is 3. The molecule has 0 aliphatic carbocycles. The van der Waals surface area contributed by atoms with Gasteiger partial charge in [-0.15, -0.1) is 0 Å². The number of likely N-dealkylation sites (tertiary alicyclic amines) is 1. The van der Waals surface area contributed by atoms with Crippen LogP contribution >= 0.6 is 0 Å². The Bertz CT molecular complexity index is 970. The average Bonchev–Trinajstić information content (AvgIpc) is 2.74. The smallest absolute Gasteiger partial charge is 0.349 e. The van der Waals surface area contributed by atoms with Crippen molar-refractivity contribution in [1.82, 2.24) is 15.5 Å². The number of alkyl halides is 3. The predicted molar refractivity (Wildman–Crippen MR) is 121 cm³/mol. The number of carbonyl (C=O) groups excluding carboxylic acids is 2. The molecule has 1 saturated heterocycles. The fraction of sp³-hybridized carbons (Fsp3) is 0.417. The van der Waals surface area contributed by atoms with Crippen LogP contribution in [0.15, 0.2) is 48.5 Å². The maximum atomic E-state index is 12.9. The van der Waals surface area contributed by atoms with Crippen LogP contribution in [0.3, 0.4) is 0 Å². The van der Waals surface area contributed by atoms with E-state index in [-0.39, 0.29) is 24.0 Å². The van der Waals surface area contributed by atoms with Crippen LogP contribution in [-0.2, 0) is 12.7 Å². The summed E-state index contributed by atoms with van der Waals surface area (Å²) in [4.78, 5) is 26.6. The van der Waals surface area contributed by atoms with Gasteiger partial charge in [-0.2, -0.15) is 13.2 Å². The molecule has 2 aromatic carbocycles. The van der Waals surface area contributed by atoms with Crippen molar-refractivity contribution in [3.05, 3.63) is 65.2 Å². The molecule has 3 amide bonds. The van der Waals surface area contributed by atoms with E-state index in [0.29, 0.717) is 49.3 Å². The van der Waals surface area contributed by atoms with Crippen molar-refractivity contribution in [2.75, 3.05) is 18.4 Å². The molecule has 2 aromatic rings. The molecule has 1 aliphatic heterocycles. The normalized spacial score (nSPS) is 15.3. The Hall–Kier alpha value is -3.07. The van der Waals surface area contributed by atoms with E-state index < -0.39 is 11.7 Å². The van der Waals surface area contributed by atoms with Gasteiger partial charge in [0.25, 0.3) is 5.91 Å². The first-order valence-corrected chi connectivity index (χ1v) is 11.0. The van der Waals surface area contributed by atoms with Gasteiger partial charge in [-0.25, -0.2) is 4.79 Å². The summed E-state index contributed by atoms with van der Waals surface area (Å²) in [6.07, 6.45) is -2.93. The molecule has 0 bridgehead atoms. The second-order valence-corrected chi connectivity index (χ2v) is 8.56. The molecule has 9 heteroatoms. The summed E-state index contributed by atoms with van der Waals surface area (Å²) in [6, 6.07) is 11.8. The maximum absolute atomic E-state index is 12.9. The number of carbonyl (C=O) groups is 2. The number of nitrogens with zero attached hydrogens (tertiary/aromatic N) is 1. The lowest BCUT2D eigenvalue weighted by atomic mass is 10.0. The lowest BCUT2D eigenvalue weighted by Crippen LogP contribution is -2.44. The lowest BCUT2D eigenvalue weighted by molar-refractivity contribution is -0.137. The molecule has 3 N–H and O–H groups in total. The summed E-state index contributed by atoms with van der Waals surface area (Å²) in [5.74, 6) is -0.223. The number of rotatable bonds is 6. The van der Waals surface area contributed by atoms with Gasteiger partial charge in [-0.05, 0) is 56.5 Å². The predicted octanol–water partition coefficient (Wildman–Crippen LogP) is 4.63. The number of piperidine rings is 1. The molecule has 0 aromatic heterocycles. The van der Waals surface area contributed by atoms with E-state index in [1.165, 1.54) is 12.1 Å². The largest absolute Gasteiger partial charge is 0.416 e. The molecule has 0 unspecified atom stereocenters. The van der Waals surface area contributed by atoms with Gasteiger partial charge in [-0.3, -0.25) is 9.69 Å². The topological polar surface area (TPSA) is 73.5 Å². The van der Waals surface area contributed by atoms with Gasteiger partial charge in [0.1, 0.15) is 0 Å². The Labute approximate surface area is 191 Å². The summed E-state index contributed by atoms with van der Waals surface area (Å²) >= 11 is 0. The summed E-state index contributed by atoms with van der Waals surface area (Å²) in [5, 5.41) is 8.45. The van der Waals surface area contributed by atoms with Crippen LogP contribution in [0.2, 0.25) is 0 Å². The first-order chi connectivity index (χ1) is 15.6. The zero-order chi connectivity index (χ0) is 24.0. The number of halogens is 3. The van der Waals surface area contributed by atoms with Gasteiger partial charge in [0.15, 0.2) is 0 Å². The van der Waals surface area contributed by atoms with Crippen LogP contribution in [0.4, 0.5) is 23.7 Å². The van der Waals surface area contributed by atoms with E-state index >= 15 is 0 Å². The van der Waals surface area contributed by atoms with Crippen molar-refractivity contribution in [3.8, 4) is 0 Å². The molecule has 33 heavy (non-hydrogen) atoms. The number of hydrogen-bond acceptors (Lipinski definition) is 3. The third kappa shape index (κ3) is 7.49. The van der Waals surface area contributed by atoms with Gasteiger partial charge in [0.05, 0.1) is 5.56 Å². The maximum Gasteiger partial charge on any atom is 0.416 e. The molecule has 3 rings (SSSR count). The van der Waals surface area contributed by atoms with E-state index in [4.69, 9.17) is 0 Å². The van der Waals surface area contributed by atoms with Crippen LogP contribution in [0.25, 0.3) is 0 Å². The Balaban J connectivity index is 1.50. The molecular weight excluding hydrogens is 433 g/mol. The number of benzene rings is 2. The van der Waals surface area contributed by atoms with E-state index in [0.717, 1.165) is 6.07 Å². The second kappa shape index (κ2) is 10.7. The minimum absolute atomic E-state index is 0.00377. The summed E-state index contributed by atoms with van der Waals surface area (Å²) < 4.78 is 38.8. The molecule has 178 valence electrons. The van der Waals surface area contributed by atoms with Crippen LogP contribution in [0.5, 0.6) is 0 Å². The van der Waals surface area contributed by atoms with Crippen LogP contribution in [0.1, 0.15) is 48.2 Å². The molecule has 0 radical (unpaired) electrons. The highest BCUT2D eigenvalue weighted by molar-refractivity contribution is 5.97. The highest BCUT2D eigenvalue weighted by atomic mass is 19.4. The molecule has 6 nitrogen and oxygen atoms in total. The van der Waals surface area contributed by atoms with E-state index in [2.05, 4.69) is 20.9 Å². The fourth-order valence-electron chi connectivity index (χ4n) is 3.78. The summed E-state index contributed by atoms with van der Waals surface area (Å²) in [6.45, 7) is 5.51. The lowest BCUT2D eigenvalue weighted by Gasteiger charge is -2.32. The van der Waals surface area contributed by atoms with Crippen LogP contribution in [0, 0.1) is 0 Å². The number of urea groups is 1. The molecule has 1 aliphatic rings. The third-order valence-corrected chi connectivity index (χ3v) is 5.39. The van der Waals surface area contributed by atoms with E-state index in [9.17, 15) is 22.8 Å². The summed E-state index contributed by atoms with van der Waals surface area (Å²) in [7, 11) is 0. The van der Waals surface area contributed by atoms with Crippen molar-refractivity contribution in [2.45, 2.75) is 51.5 Å². The van der Waals surface area contributed by atoms with Crippen molar-refractivity contribution in [1.29, 1.82) is 0 Å². The first-order valence-electron chi connectivity index (χ1n) is 11.0. The summed E-state index contributed by atoms with van der Waals surface area (Å²) in [5.41, 5.74) is 0.958. The van der Waals surface area contributed by atoms with E-state index in [1.807, 2.05) is 13.8 Å². The van der Waals surface area contributed by atoms with E-state index in [1.54, 1.807) is 30.3 Å². The van der Waals surface area contributed by atoms with Crippen LogP contribution in [-0.4, -0.2) is 42.0 Å². The fourth-order valence-corrected chi connectivity index (χ4v) is 3.78.